The molecule has 5 rings (SSSR count). The Bertz CT molecular complexity index is 1100. The van der Waals surface area contributed by atoms with Crippen molar-refractivity contribution in [1.82, 2.24) is 5.43 Å². The molecule has 4 heteroatoms. The van der Waals surface area contributed by atoms with Gasteiger partial charge in [-0.25, -0.2) is 5.43 Å². The number of hydrogen-bond acceptors (Lipinski definition) is 3. The van der Waals surface area contributed by atoms with Crippen LogP contribution in [0.3, 0.4) is 0 Å². The summed E-state index contributed by atoms with van der Waals surface area (Å²) in [6, 6.07) is 26.3. The molecule has 0 saturated carbocycles. The topological polar surface area (TPSA) is 53.5 Å². The zero-order valence-corrected chi connectivity index (χ0v) is 16.5. The van der Waals surface area contributed by atoms with Gasteiger partial charge < -0.3 is 5.32 Å². The van der Waals surface area contributed by atoms with Gasteiger partial charge in [-0.05, 0) is 47.2 Å². The largest absolute Gasteiger partial charge is 0.378 e. The van der Waals surface area contributed by atoms with Crippen molar-refractivity contribution in [2.75, 3.05) is 5.32 Å². The number of nitrogens with one attached hydrogen (secondary N) is 2. The molecule has 0 radical (unpaired) electrons. The summed E-state index contributed by atoms with van der Waals surface area (Å²) in [6.07, 6.45) is 7.33. The van der Waals surface area contributed by atoms with Gasteiger partial charge in [0.2, 0.25) is 0 Å². The average Bonchev–Trinajstić information content (AvgIpc) is 3.30. The summed E-state index contributed by atoms with van der Waals surface area (Å²) < 4.78 is 0. The Kier molecular flexibility index (Phi) is 4.89. The number of para-hydroxylation sites is 1. The molecule has 0 fully saturated rings. The monoisotopic (exact) mass is 393 g/mol. The first-order valence-electron chi connectivity index (χ1n) is 10.3. The Hall–Kier alpha value is -3.66. The lowest BCUT2D eigenvalue weighted by Gasteiger charge is -2.37. The molecule has 0 aromatic heterocycles. The van der Waals surface area contributed by atoms with Gasteiger partial charge in [0.25, 0.3) is 5.91 Å². The summed E-state index contributed by atoms with van der Waals surface area (Å²) in [7, 11) is 0. The molecule has 1 amide bonds. The van der Waals surface area contributed by atoms with E-state index in [9.17, 15) is 4.79 Å². The number of benzene rings is 3. The molecule has 4 nitrogen and oxygen atoms in total. The van der Waals surface area contributed by atoms with Crippen LogP contribution in [0.4, 0.5) is 5.69 Å². The summed E-state index contributed by atoms with van der Waals surface area (Å²) in [5, 5.41) is 7.78. The Morgan fingerprint density at radius 1 is 0.967 bits per heavy atom. The first-order valence-corrected chi connectivity index (χ1v) is 10.3. The highest BCUT2D eigenvalue weighted by molar-refractivity contribution is 5.94. The van der Waals surface area contributed by atoms with E-state index in [1.807, 2.05) is 42.5 Å². The van der Waals surface area contributed by atoms with Crippen LogP contribution < -0.4 is 10.7 Å². The maximum absolute atomic E-state index is 12.4. The standard InChI is InChI=1S/C26H23N3O/c30-26(29-27-17-18-7-2-1-3-8-18)20-15-13-19(14-16-20)25-23-11-6-10-21(23)22-9-4-5-12-24(22)28-25/h1-10,12-17,21,23,25,28H,11H2,(H,29,30)/b27-17-/t21-,23-,25+/m0/s1. The predicted molar refractivity (Wildman–Crippen MR) is 121 cm³/mol. The SMILES string of the molecule is O=C(N/N=C\c1ccccc1)c1ccc([C@H]2Nc3ccccc3[C@@H]3C=CC[C@H]23)cc1. The van der Waals surface area contributed by atoms with E-state index in [1.54, 1.807) is 6.21 Å². The fraction of sp³-hybridized carbons (Fsp3) is 0.154. The molecule has 1 aliphatic heterocycles. The molecule has 0 bridgehead atoms. The number of carbonyl (C=O) groups excluding carboxylic acids is 1. The van der Waals surface area contributed by atoms with Crippen LogP contribution in [0.25, 0.3) is 0 Å². The minimum Gasteiger partial charge on any atom is -0.378 e. The van der Waals surface area contributed by atoms with Crippen LogP contribution >= 0.6 is 0 Å². The summed E-state index contributed by atoms with van der Waals surface area (Å²) >= 11 is 0. The van der Waals surface area contributed by atoms with Crippen LogP contribution in [0.1, 0.15) is 45.4 Å². The van der Waals surface area contributed by atoms with E-state index in [0.717, 1.165) is 12.0 Å². The molecular weight excluding hydrogens is 370 g/mol. The van der Waals surface area contributed by atoms with Crippen LogP contribution in [-0.4, -0.2) is 12.1 Å². The first-order chi connectivity index (χ1) is 14.8. The van der Waals surface area contributed by atoms with E-state index in [1.165, 1.54) is 16.8 Å². The van der Waals surface area contributed by atoms with Crippen LogP contribution in [0.15, 0.2) is 96.1 Å². The maximum atomic E-state index is 12.4. The molecule has 0 spiro atoms. The molecule has 1 heterocycles. The van der Waals surface area contributed by atoms with Crippen molar-refractivity contribution in [3.05, 3.63) is 113 Å². The van der Waals surface area contributed by atoms with Crippen molar-refractivity contribution in [1.29, 1.82) is 0 Å². The molecule has 2 N–H and O–H groups in total. The molecule has 2 aliphatic rings. The summed E-state index contributed by atoms with van der Waals surface area (Å²) in [5.74, 6) is 0.730. The summed E-state index contributed by atoms with van der Waals surface area (Å²) in [4.78, 5) is 12.4. The summed E-state index contributed by atoms with van der Waals surface area (Å²) in [6.45, 7) is 0. The third-order valence-electron chi connectivity index (χ3n) is 5.98. The van der Waals surface area contributed by atoms with E-state index in [2.05, 4.69) is 64.4 Å². The number of anilines is 1. The molecule has 0 unspecified atom stereocenters. The van der Waals surface area contributed by atoms with E-state index in [4.69, 9.17) is 0 Å². The van der Waals surface area contributed by atoms with Gasteiger partial charge in [0.05, 0.1) is 12.3 Å². The minimum absolute atomic E-state index is 0.212. The van der Waals surface area contributed by atoms with Gasteiger partial charge in [-0.2, -0.15) is 5.10 Å². The van der Waals surface area contributed by atoms with Crippen molar-refractivity contribution in [3.8, 4) is 0 Å². The number of nitrogens with zero attached hydrogens (tertiary/aromatic N) is 1. The molecule has 3 aromatic rings. The smallest absolute Gasteiger partial charge is 0.271 e. The van der Waals surface area contributed by atoms with Gasteiger partial charge in [-0.1, -0.05) is 72.8 Å². The number of hydrazone groups is 1. The lowest BCUT2D eigenvalue weighted by molar-refractivity contribution is 0.0955. The molecule has 3 aromatic carbocycles. The van der Waals surface area contributed by atoms with Gasteiger partial charge in [0.15, 0.2) is 0 Å². The zero-order chi connectivity index (χ0) is 20.3. The van der Waals surface area contributed by atoms with Crippen molar-refractivity contribution in [2.24, 2.45) is 11.0 Å². The predicted octanol–water partition coefficient (Wildman–Crippen LogP) is 5.28. The Labute approximate surface area is 176 Å². The Morgan fingerprint density at radius 2 is 1.73 bits per heavy atom. The molecule has 0 saturated heterocycles. The van der Waals surface area contributed by atoms with Crippen molar-refractivity contribution < 1.29 is 4.79 Å². The van der Waals surface area contributed by atoms with E-state index < -0.39 is 0 Å². The lowest BCUT2D eigenvalue weighted by Crippen LogP contribution is -2.29. The van der Waals surface area contributed by atoms with Gasteiger partial charge >= 0.3 is 0 Å². The Balaban J connectivity index is 1.30. The average molecular weight is 393 g/mol. The first kappa shape index (κ1) is 18.4. The van der Waals surface area contributed by atoms with E-state index >= 15 is 0 Å². The van der Waals surface area contributed by atoms with Gasteiger partial charge in [-0.3, -0.25) is 4.79 Å². The molecular formula is C26H23N3O. The van der Waals surface area contributed by atoms with E-state index in [0.29, 0.717) is 17.4 Å². The third kappa shape index (κ3) is 3.52. The van der Waals surface area contributed by atoms with Crippen molar-refractivity contribution in [2.45, 2.75) is 18.4 Å². The highest BCUT2D eigenvalue weighted by atomic mass is 16.2. The lowest BCUT2D eigenvalue weighted by atomic mass is 9.77. The quantitative estimate of drug-likeness (QED) is 0.360. The normalized spacial score (nSPS) is 21.7. The van der Waals surface area contributed by atoms with Crippen LogP contribution in [0.2, 0.25) is 0 Å². The second-order valence-electron chi connectivity index (χ2n) is 7.79. The molecule has 148 valence electrons. The highest BCUT2D eigenvalue weighted by Gasteiger charge is 2.37. The maximum Gasteiger partial charge on any atom is 0.271 e. The number of carbonyl (C=O) groups is 1. The van der Waals surface area contributed by atoms with Crippen molar-refractivity contribution in [3.63, 3.8) is 0 Å². The second-order valence-corrected chi connectivity index (χ2v) is 7.79. The third-order valence-corrected chi connectivity index (χ3v) is 5.98. The van der Waals surface area contributed by atoms with E-state index in [-0.39, 0.29) is 11.9 Å². The van der Waals surface area contributed by atoms with Crippen LogP contribution in [0.5, 0.6) is 0 Å². The Morgan fingerprint density at radius 3 is 2.57 bits per heavy atom. The second kappa shape index (κ2) is 7.99. The van der Waals surface area contributed by atoms with Crippen molar-refractivity contribution >= 4 is 17.8 Å². The zero-order valence-electron chi connectivity index (χ0n) is 16.5. The van der Waals surface area contributed by atoms with Crippen LogP contribution in [-0.2, 0) is 0 Å². The number of rotatable bonds is 4. The molecule has 30 heavy (non-hydrogen) atoms. The number of hydrogen-bond donors (Lipinski definition) is 2. The number of amides is 1. The highest BCUT2D eigenvalue weighted by Crippen LogP contribution is 2.49. The number of allylic oxidation sites excluding steroid dienone is 2. The minimum atomic E-state index is -0.212. The fourth-order valence-electron chi connectivity index (χ4n) is 4.48. The van der Waals surface area contributed by atoms with Gasteiger partial charge in [0.1, 0.15) is 0 Å². The van der Waals surface area contributed by atoms with Crippen LogP contribution in [0, 0.1) is 5.92 Å². The summed E-state index contributed by atoms with van der Waals surface area (Å²) in [5.41, 5.74) is 7.92. The fourth-order valence-corrected chi connectivity index (χ4v) is 4.48. The van der Waals surface area contributed by atoms with Gasteiger partial charge in [-0.15, -0.1) is 0 Å². The molecule has 3 atom stereocenters. The van der Waals surface area contributed by atoms with Gasteiger partial charge in [0, 0.05) is 17.2 Å². The molecule has 1 aliphatic carbocycles. The number of fused-ring (bicyclic) bond motifs is 3.